The van der Waals surface area contributed by atoms with Gasteiger partial charge in [0, 0.05) is 20.9 Å². The molecule has 0 aliphatic heterocycles. The fourth-order valence-corrected chi connectivity index (χ4v) is 3.37. The summed E-state index contributed by atoms with van der Waals surface area (Å²) in [7, 11) is 0. The first kappa shape index (κ1) is 16.7. The summed E-state index contributed by atoms with van der Waals surface area (Å²) in [5.74, 6) is 0.430. The van der Waals surface area contributed by atoms with Gasteiger partial charge in [0.2, 0.25) is 0 Å². The molecule has 0 radical (unpaired) electrons. The number of nitrogens with one attached hydrogen (secondary N) is 1. The molecule has 0 unspecified atom stereocenters. The second-order valence-electron chi connectivity index (χ2n) is 6.05. The van der Waals surface area contributed by atoms with Crippen molar-refractivity contribution in [1.82, 2.24) is 0 Å². The van der Waals surface area contributed by atoms with Crippen LogP contribution < -0.4 is 10.1 Å². The van der Waals surface area contributed by atoms with E-state index in [4.69, 9.17) is 9.15 Å². The average molecular weight is 410 g/mol. The molecule has 4 nitrogen and oxygen atoms in total. The molecule has 4 rings (SSSR count). The topological polar surface area (TPSA) is 51.5 Å². The minimum absolute atomic E-state index is 0.0587. The van der Waals surface area contributed by atoms with Crippen LogP contribution in [0.2, 0.25) is 0 Å². The van der Waals surface area contributed by atoms with Gasteiger partial charge in [-0.2, -0.15) is 0 Å². The number of furan rings is 1. The number of para-hydroxylation sites is 1. The first-order valence-electron chi connectivity index (χ1n) is 8.20. The third kappa shape index (κ3) is 3.30. The second kappa shape index (κ2) is 6.84. The van der Waals surface area contributed by atoms with Crippen LogP contribution in [0.4, 0.5) is 5.69 Å². The maximum absolute atomic E-state index is 12.2. The monoisotopic (exact) mass is 409 g/mol. The van der Waals surface area contributed by atoms with Gasteiger partial charge < -0.3 is 14.5 Å². The molecule has 3 aromatic carbocycles. The van der Waals surface area contributed by atoms with E-state index in [0.717, 1.165) is 37.7 Å². The Kier molecular flexibility index (Phi) is 4.39. The van der Waals surface area contributed by atoms with E-state index in [-0.39, 0.29) is 12.5 Å². The van der Waals surface area contributed by atoms with Crippen molar-refractivity contribution >= 4 is 49.5 Å². The van der Waals surface area contributed by atoms with Crippen LogP contribution in [0, 0.1) is 6.92 Å². The molecule has 26 heavy (non-hydrogen) atoms. The zero-order chi connectivity index (χ0) is 18.1. The van der Waals surface area contributed by atoms with E-state index < -0.39 is 0 Å². The Morgan fingerprint density at radius 2 is 1.85 bits per heavy atom. The summed E-state index contributed by atoms with van der Waals surface area (Å²) < 4.78 is 12.4. The standard InChI is InChI=1S/C21H16BrNO3/c1-13-10-14(22)6-8-18(13)23-21(24)12-25-15-7-9-20-17(11-15)16-4-2-3-5-19(16)26-20/h2-11H,12H2,1H3,(H,23,24). The molecule has 1 N–H and O–H groups in total. The van der Waals surface area contributed by atoms with Crippen molar-refractivity contribution in [2.24, 2.45) is 0 Å². The molecule has 1 amide bonds. The van der Waals surface area contributed by atoms with Crippen molar-refractivity contribution in [3.63, 3.8) is 0 Å². The highest BCUT2D eigenvalue weighted by Gasteiger charge is 2.09. The van der Waals surface area contributed by atoms with Crippen molar-refractivity contribution in [2.75, 3.05) is 11.9 Å². The van der Waals surface area contributed by atoms with Gasteiger partial charge in [-0.25, -0.2) is 0 Å². The number of amides is 1. The summed E-state index contributed by atoms with van der Waals surface area (Å²) in [4.78, 5) is 12.2. The lowest BCUT2D eigenvalue weighted by atomic mass is 10.1. The third-order valence-corrected chi connectivity index (χ3v) is 4.67. The molecular weight excluding hydrogens is 394 g/mol. The van der Waals surface area contributed by atoms with Crippen molar-refractivity contribution in [3.8, 4) is 5.75 Å². The lowest BCUT2D eigenvalue weighted by Crippen LogP contribution is -2.20. The van der Waals surface area contributed by atoms with Crippen LogP contribution in [0.1, 0.15) is 5.56 Å². The Hall–Kier alpha value is -2.79. The Labute approximate surface area is 158 Å². The predicted octanol–water partition coefficient (Wildman–Crippen LogP) is 5.67. The van der Waals surface area contributed by atoms with Gasteiger partial charge in [-0.3, -0.25) is 4.79 Å². The number of halogens is 1. The van der Waals surface area contributed by atoms with E-state index in [9.17, 15) is 4.79 Å². The second-order valence-corrected chi connectivity index (χ2v) is 6.97. The van der Waals surface area contributed by atoms with Crippen LogP contribution in [-0.4, -0.2) is 12.5 Å². The van der Waals surface area contributed by atoms with Crippen molar-refractivity contribution in [3.05, 3.63) is 70.7 Å². The Morgan fingerprint density at radius 1 is 1.04 bits per heavy atom. The summed E-state index contributed by atoms with van der Waals surface area (Å²) in [6.45, 7) is 1.88. The molecule has 0 fully saturated rings. The zero-order valence-corrected chi connectivity index (χ0v) is 15.7. The van der Waals surface area contributed by atoms with E-state index in [0.29, 0.717) is 5.75 Å². The Morgan fingerprint density at radius 3 is 2.69 bits per heavy atom. The first-order valence-corrected chi connectivity index (χ1v) is 8.99. The molecule has 130 valence electrons. The largest absolute Gasteiger partial charge is 0.484 e. The van der Waals surface area contributed by atoms with Gasteiger partial charge in [-0.1, -0.05) is 34.1 Å². The molecule has 0 atom stereocenters. The van der Waals surface area contributed by atoms with Gasteiger partial charge >= 0.3 is 0 Å². The molecular formula is C21H16BrNO3. The summed E-state index contributed by atoms with van der Waals surface area (Å²) >= 11 is 3.41. The third-order valence-electron chi connectivity index (χ3n) is 4.18. The van der Waals surface area contributed by atoms with E-state index >= 15 is 0 Å². The smallest absolute Gasteiger partial charge is 0.262 e. The quantitative estimate of drug-likeness (QED) is 0.471. The van der Waals surface area contributed by atoms with Gasteiger partial charge in [0.15, 0.2) is 6.61 Å². The molecule has 0 spiro atoms. The molecule has 4 aromatic rings. The van der Waals surface area contributed by atoms with Gasteiger partial charge in [0.25, 0.3) is 5.91 Å². The average Bonchev–Trinajstić information content (AvgIpc) is 3.00. The molecule has 1 heterocycles. The van der Waals surface area contributed by atoms with E-state index in [2.05, 4.69) is 21.2 Å². The number of hydrogen-bond donors (Lipinski definition) is 1. The van der Waals surface area contributed by atoms with Crippen molar-refractivity contribution < 1.29 is 13.9 Å². The normalized spacial score (nSPS) is 11.0. The first-order chi connectivity index (χ1) is 12.6. The molecule has 0 saturated heterocycles. The SMILES string of the molecule is Cc1cc(Br)ccc1NC(=O)COc1ccc2oc3ccccc3c2c1. The number of hydrogen-bond acceptors (Lipinski definition) is 3. The number of carbonyl (C=O) groups excluding carboxylic acids is 1. The maximum atomic E-state index is 12.2. The van der Waals surface area contributed by atoms with Gasteiger partial charge in [0.05, 0.1) is 0 Å². The van der Waals surface area contributed by atoms with Crippen LogP contribution in [0.15, 0.2) is 69.6 Å². The minimum Gasteiger partial charge on any atom is -0.484 e. The lowest BCUT2D eigenvalue weighted by Gasteiger charge is -2.10. The van der Waals surface area contributed by atoms with Crippen LogP contribution in [0.3, 0.4) is 0 Å². The van der Waals surface area contributed by atoms with E-state index in [1.807, 2.05) is 67.6 Å². The summed E-state index contributed by atoms with van der Waals surface area (Å²) in [5, 5.41) is 4.87. The van der Waals surface area contributed by atoms with Gasteiger partial charge in [-0.15, -0.1) is 0 Å². The number of rotatable bonds is 4. The van der Waals surface area contributed by atoms with E-state index in [1.165, 1.54) is 0 Å². The number of carbonyl (C=O) groups is 1. The highest BCUT2D eigenvalue weighted by Crippen LogP contribution is 2.31. The van der Waals surface area contributed by atoms with Gasteiger partial charge in [-0.05, 0) is 55.0 Å². The van der Waals surface area contributed by atoms with E-state index in [1.54, 1.807) is 0 Å². The van der Waals surface area contributed by atoms with Crippen LogP contribution in [0.25, 0.3) is 21.9 Å². The van der Waals surface area contributed by atoms with Crippen molar-refractivity contribution in [1.29, 1.82) is 0 Å². The molecule has 5 heteroatoms. The number of anilines is 1. The minimum atomic E-state index is -0.201. The Balaban J connectivity index is 1.48. The molecule has 1 aromatic heterocycles. The lowest BCUT2D eigenvalue weighted by molar-refractivity contribution is -0.118. The molecule has 0 aliphatic carbocycles. The Bertz CT molecular complexity index is 1120. The fourth-order valence-electron chi connectivity index (χ4n) is 2.90. The maximum Gasteiger partial charge on any atom is 0.262 e. The number of fused-ring (bicyclic) bond motifs is 3. The number of aryl methyl sites for hydroxylation is 1. The summed E-state index contributed by atoms with van der Waals surface area (Å²) in [6.07, 6.45) is 0. The molecule has 0 aliphatic rings. The van der Waals surface area contributed by atoms with Gasteiger partial charge in [0.1, 0.15) is 16.9 Å². The zero-order valence-electron chi connectivity index (χ0n) is 14.1. The number of ether oxygens (including phenoxy) is 1. The predicted molar refractivity (Wildman–Crippen MR) is 107 cm³/mol. The molecule has 0 saturated carbocycles. The number of benzene rings is 3. The highest BCUT2D eigenvalue weighted by atomic mass is 79.9. The highest BCUT2D eigenvalue weighted by molar-refractivity contribution is 9.10. The summed E-state index contributed by atoms with van der Waals surface area (Å²) in [5.41, 5.74) is 3.40. The van der Waals surface area contributed by atoms with Crippen LogP contribution in [-0.2, 0) is 4.79 Å². The van der Waals surface area contributed by atoms with Crippen LogP contribution >= 0.6 is 15.9 Å². The molecule has 0 bridgehead atoms. The van der Waals surface area contributed by atoms with Crippen LogP contribution in [0.5, 0.6) is 5.75 Å². The fraction of sp³-hybridized carbons (Fsp3) is 0.0952. The summed E-state index contributed by atoms with van der Waals surface area (Å²) in [6, 6.07) is 19.1. The van der Waals surface area contributed by atoms with Crippen molar-refractivity contribution in [2.45, 2.75) is 6.92 Å².